The number of rotatable bonds is 5. The van der Waals surface area contributed by atoms with Crippen LogP contribution in [0.25, 0.3) is 11.5 Å². The van der Waals surface area contributed by atoms with Crippen molar-refractivity contribution in [3.63, 3.8) is 0 Å². The van der Waals surface area contributed by atoms with Crippen LogP contribution in [0.2, 0.25) is 0 Å². The molecule has 1 aliphatic rings. The van der Waals surface area contributed by atoms with E-state index < -0.39 is 12.3 Å². The Bertz CT molecular complexity index is 880. The van der Waals surface area contributed by atoms with Gasteiger partial charge in [-0.1, -0.05) is 41.9 Å². The van der Waals surface area contributed by atoms with Crippen molar-refractivity contribution >= 4 is 21.9 Å². The Hall–Kier alpha value is -2.42. The summed E-state index contributed by atoms with van der Waals surface area (Å²) < 4.78 is 30.9. The van der Waals surface area contributed by atoms with Crippen LogP contribution in [0.15, 0.2) is 45.5 Å². The lowest BCUT2D eigenvalue weighted by Crippen LogP contribution is -2.20. The third-order valence-electron chi connectivity index (χ3n) is 4.02. The third-order valence-corrected chi connectivity index (χ3v) is 4.55. The highest BCUT2D eigenvalue weighted by molar-refractivity contribution is 9.10. The fourth-order valence-electron chi connectivity index (χ4n) is 2.54. The van der Waals surface area contributed by atoms with E-state index in [1.807, 2.05) is 26.0 Å². The molecule has 0 amide bonds. The van der Waals surface area contributed by atoms with Gasteiger partial charge in [-0.05, 0) is 30.5 Å². The van der Waals surface area contributed by atoms with Crippen LogP contribution in [0.3, 0.4) is 0 Å². The number of alkyl halides is 2. The van der Waals surface area contributed by atoms with E-state index in [1.54, 1.807) is 0 Å². The first-order chi connectivity index (χ1) is 13.1. The van der Waals surface area contributed by atoms with Crippen molar-refractivity contribution in [1.82, 2.24) is 20.2 Å². The molecule has 2 aromatic heterocycles. The van der Waals surface area contributed by atoms with Gasteiger partial charge in [0.05, 0.1) is 11.1 Å². The highest BCUT2D eigenvalue weighted by Gasteiger charge is 2.44. The minimum Gasteiger partial charge on any atom is -0.415 e. The Labute approximate surface area is 163 Å². The van der Waals surface area contributed by atoms with Crippen LogP contribution in [0.5, 0.6) is 0 Å². The Morgan fingerprint density at radius 1 is 1.07 bits per heavy atom. The van der Waals surface area contributed by atoms with Gasteiger partial charge in [0.15, 0.2) is 0 Å². The lowest BCUT2D eigenvalue weighted by Gasteiger charge is -2.17. The summed E-state index contributed by atoms with van der Waals surface area (Å²) in [6.07, 6.45) is 2.11. The average molecular weight is 438 g/mol. The van der Waals surface area contributed by atoms with E-state index in [0.717, 1.165) is 17.3 Å². The molecule has 0 spiro atoms. The number of anilines is 1. The first-order valence-electron chi connectivity index (χ1n) is 8.54. The van der Waals surface area contributed by atoms with Crippen molar-refractivity contribution in [3.8, 4) is 11.5 Å². The number of benzene rings is 1. The molecule has 9 heteroatoms. The molecule has 1 aliphatic carbocycles. The molecule has 0 atom stereocenters. The number of hydrogen-bond acceptors (Lipinski definition) is 6. The van der Waals surface area contributed by atoms with Crippen LogP contribution in [0.1, 0.15) is 44.6 Å². The van der Waals surface area contributed by atoms with E-state index in [2.05, 4.69) is 53.5 Å². The Balaban J connectivity index is 0.00000102. The van der Waals surface area contributed by atoms with Gasteiger partial charge in [0.2, 0.25) is 5.95 Å². The summed E-state index contributed by atoms with van der Waals surface area (Å²) in [4.78, 5) is 8.46. The quantitative estimate of drug-likeness (QED) is 0.579. The second-order valence-electron chi connectivity index (χ2n) is 5.76. The zero-order valence-corrected chi connectivity index (χ0v) is 16.4. The van der Waals surface area contributed by atoms with Crippen LogP contribution >= 0.6 is 15.9 Å². The molecule has 0 bridgehead atoms. The Morgan fingerprint density at radius 2 is 1.70 bits per heavy atom. The molecule has 0 aliphatic heterocycles. The van der Waals surface area contributed by atoms with E-state index in [4.69, 9.17) is 4.42 Å². The maximum Gasteiger partial charge on any atom is 0.314 e. The van der Waals surface area contributed by atoms with Gasteiger partial charge in [-0.25, -0.2) is 9.97 Å². The van der Waals surface area contributed by atoms with Crippen molar-refractivity contribution in [3.05, 3.63) is 52.6 Å². The van der Waals surface area contributed by atoms with E-state index in [-0.39, 0.29) is 11.4 Å². The zero-order valence-electron chi connectivity index (χ0n) is 14.8. The largest absolute Gasteiger partial charge is 0.415 e. The van der Waals surface area contributed by atoms with Crippen molar-refractivity contribution < 1.29 is 13.2 Å². The summed E-state index contributed by atoms with van der Waals surface area (Å²) in [6, 6.07) is 8.11. The van der Waals surface area contributed by atoms with Gasteiger partial charge in [0.1, 0.15) is 0 Å². The maximum atomic E-state index is 12.5. The fraction of sp³-hybridized carbons (Fsp3) is 0.333. The number of aromatic nitrogens is 4. The molecule has 142 valence electrons. The van der Waals surface area contributed by atoms with Gasteiger partial charge >= 0.3 is 6.43 Å². The highest BCUT2D eigenvalue weighted by Crippen LogP contribution is 2.48. The number of nitrogens with one attached hydrogen (secondary N) is 1. The second kappa shape index (κ2) is 8.08. The first kappa shape index (κ1) is 19.3. The molecule has 1 aromatic carbocycles. The van der Waals surface area contributed by atoms with Crippen LogP contribution in [0, 0.1) is 0 Å². The summed E-state index contributed by atoms with van der Waals surface area (Å²) in [5, 5.41) is 10.2. The number of nitrogens with zero attached hydrogens (tertiary/aromatic N) is 4. The highest BCUT2D eigenvalue weighted by atomic mass is 79.9. The van der Waals surface area contributed by atoms with Crippen LogP contribution < -0.4 is 5.32 Å². The van der Waals surface area contributed by atoms with Crippen molar-refractivity contribution in [1.29, 1.82) is 0 Å². The molecule has 1 saturated carbocycles. The molecule has 2 heterocycles. The van der Waals surface area contributed by atoms with Crippen molar-refractivity contribution in [2.24, 2.45) is 0 Å². The summed E-state index contributed by atoms with van der Waals surface area (Å²) in [5.74, 6) is -0.293. The van der Waals surface area contributed by atoms with Gasteiger partial charge in [-0.15, -0.1) is 10.2 Å². The van der Waals surface area contributed by atoms with Gasteiger partial charge < -0.3 is 9.73 Å². The van der Waals surface area contributed by atoms with Gasteiger partial charge in [-0.2, -0.15) is 8.78 Å². The van der Waals surface area contributed by atoms with Gasteiger partial charge in [0.25, 0.3) is 11.8 Å². The van der Waals surface area contributed by atoms with Crippen molar-refractivity contribution in [2.75, 3.05) is 5.32 Å². The molecule has 4 rings (SSSR count). The lowest BCUT2D eigenvalue weighted by molar-refractivity contribution is 0.116. The Morgan fingerprint density at radius 3 is 2.22 bits per heavy atom. The molecule has 0 saturated heterocycles. The summed E-state index contributed by atoms with van der Waals surface area (Å²) in [7, 11) is 0. The summed E-state index contributed by atoms with van der Waals surface area (Å²) in [5.41, 5.74) is 1.40. The average Bonchev–Trinajstić information content (AvgIpc) is 3.29. The predicted molar refractivity (Wildman–Crippen MR) is 100 cm³/mol. The van der Waals surface area contributed by atoms with E-state index in [0.29, 0.717) is 11.5 Å². The molecule has 27 heavy (non-hydrogen) atoms. The minimum atomic E-state index is -2.80. The van der Waals surface area contributed by atoms with Crippen LogP contribution in [-0.4, -0.2) is 20.2 Å². The molecule has 3 aromatic rings. The molecular weight excluding hydrogens is 420 g/mol. The predicted octanol–water partition coefficient (Wildman–Crippen LogP) is 5.35. The van der Waals surface area contributed by atoms with E-state index in [9.17, 15) is 8.78 Å². The molecule has 1 fully saturated rings. The second-order valence-corrected chi connectivity index (χ2v) is 6.67. The van der Waals surface area contributed by atoms with Gasteiger partial charge in [-0.3, -0.25) is 0 Å². The summed E-state index contributed by atoms with van der Waals surface area (Å²) in [6.45, 7) is 4.00. The molecule has 0 radical (unpaired) electrons. The minimum absolute atomic E-state index is 0.0316. The van der Waals surface area contributed by atoms with Crippen molar-refractivity contribution in [2.45, 2.75) is 38.7 Å². The summed E-state index contributed by atoms with van der Waals surface area (Å²) >= 11 is 3.43. The van der Waals surface area contributed by atoms with Crippen LogP contribution in [-0.2, 0) is 5.54 Å². The zero-order chi connectivity index (χ0) is 19.4. The topological polar surface area (TPSA) is 76.7 Å². The standard InChI is InChI=1S/C16H12BrF2N5O.C2H6/c17-11-3-1-10(2-4-11)16(5-6-16)22-15-20-7-9(8-21-15)13-23-24-14(25-13)12(18)19;1-2/h1-4,7-8,12H,5-6H2,(H,20,21,22);1-2H3. The van der Waals surface area contributed by atoms with E-state index in [1.165, 1.54) is 18.0 Å². The van der Waals surface area contributed by atoms with Gasteiger partial charge in [0, 0.05) is 16.9 Å². The monoisotopic (exact) mass is 437 g/mol. The SMILES string of the molecule is CC.FC(F)c1nnc(-c2cnc(NC3(c4ccc(Br)cc4)CC3)nc2)o1. The first-order valence-corrected chi connectivity index (χ1v) is 9.33. The Kier molecular flexibility index (Phi) is 5.79. The number of hydrogen-bond donors (Lipinski definition) is 1. The molecular formula is C18H18BrF2N5O. The smallest absolute Gasteiger partial charge is 0.314 e. The van der Waals surface area contributed by atoms with Crippen LogP contribution in [0.4, 0.5) is 14.7 Å². The molecule has 6 nitrogen and oxygen atoms in total. The van der Waals surface area contributed by atoms with E-state index >= 15 is 0 Å². The number of halogens is 3. The third kappa shape index (κ3) is 4.29. The lowest BCUT2D eigenvalue weighted by atomic mass is 10.1. The normalized spacial score (nSPS) is 14.4. The molecule has 0 unspecified atom stereocenters. The molecule has 1 N–H and O–H groups in total. The maximum absolute atomic E-state index is 12.5. The fourth-order valence-corrected chi connectivity index (χ4v) is 2.80.